The summed E-state index contributed by atoms with van der Waals surface area (Å²) in [6.07, 6.45) is 0.0787. The van der Waals surface area contributed by atoms with Crippen LogP contribution in [0, 0.1) is 0 Å². The molecule has 0 aliphatic carbocycles. The highest BCUT2D eigenvalue weighted by atomic mass is 16.6. The molecule has 1 aliphatic rings. The van der Waals surface area contributed by atoms with Crippen LogP contribution < -0.4 is 5.11 Å². The maximum atomic E-state index is 9.57. The lowest BCUT2D eigenvalue weighted by Crippen LogP contribution is -2.11. The SMILES string of the molecule is [O-]CC1CO1. The minimum atomic E-state index is -0.0556. The fraction of sp³-hybridized carbons (Fsp3) is 1.00. The summed E-state index contributed by atoms with van der Waals surface area (Å²) in [6, 6.07) is 0. The van der Waals surface area contributed by atoms with Crippen LogP contribution in [0.2, 0.25) is 0 Å². The molecule has 2 nitrogen and oxygen atoms in total. The highest BCUT2D eigenvalue weighted by molar-refractivity contribution is 4.64. The highest BCUT2D eigenvalue weighted by Gasteiger charge is 2.15. The molecule has 1 atom stereocenters. The first-order valence-corrected chi connectivity index (χ1v) is 1.63. The molecule has 0 saturated carbocycles. The van der Waals surface area contributed by atoms with E-state index < -0.39 is 0 Å². The van der Waals surface area contributed by atoms with Crippen molar-refractivity contribution in [2.24, 2.45) is 0 Å². The lowest BCUT2D eigenvalue weighted by molar-refractivity contribution is -0.370. The van der Waals surface area contributed by atoms with Gasteiger partial charge >= 0.3 is 0 Å². The van der Waals surface area contributed by atoms with Crippen LogP contribution in [-0.2, 0) is 4.74 Å². The van der Waals surface area contributed by atoms with Gasteiger partial charge in [0.2, 0.25) is 0 Å². The van der Waals surface area contributed by atoms with Crippen molar-refractivity contribution in [3.8, 4) is 0 Å². The average Bonchev–Trinajstić information content (AvgIpc) is 2.12. The van der Waals surface area contributed by atoms with E-state index in [1.54, 1.807) is 0 Å². The second-order valence-electron chi connectivity index (χ2n) is 1.12. The molecule has 0 aromatic heterocycles. The predicted molar refractivity (Wildman–Crippen MR) is 14.6 cm³/mol. The van der Waals surface area contributed by atoms with Gasteiger partial charge in [0.05, 0.1) is 12.7 Å². The van der Waals surface area contributed by atoms with Crippen molar-refractivity contribution >= 4 is 0 Å². The van der Waals surface area contributed by atoms with Crippen LogP contribution in [0.1, 0.15) is 0 Å². The van der Waals surface area contributed by atoms with Gasteiger partial charge in [-0.1, -0.05) is 0 Å². The van der Waals surface area contributed by atoms with Crippen molar-refractivity contribution < 1.29 is 9.84 Å². The van der Waals surface area contributed by atoms with Gasteiger partial charge in [0.15, 0.2) is 0 Å². The summed E-state index contributed by atoms with van der Waals surface area (Å²) < 4.78 is 4.55. The zero-order valence-electron chi connectivity index (χ0n) is 2.81. The largest absolute Gasteiger partial charge is 0.853 e. The van der Waals surface area contributed by atoms with Crippen LogP contribution in [0.4, 0.5) is 0 Å². The number of ether oxygens (including phenoxy) is 1. The molecule has 2 heteroatoms. The maximum absolute atomic E-state index is 9.57. The second kappa shape index (κ2) is 0.954. The van der Waals surface area contributed by atoms with Crippen LogP contribution in [0.15, 0.2) is 0 Å². The van der Waals surface area contributed by atoms with Crippen LogP contribution >= 0.6 is 0 Å². The standard InChI is InChI=1S/C3H5O2/c4-1-3-2-5-3/h3H,1-2H2/q-1. The van der Waals surface area contributed by atoms with Gasteiger partial charge in [-0.05, 0) is 0 Å². The molecule has 0 amide bonds. The molecule has 0 N–H and O–H groups in total. The van der Waals surface area contributed by atoms with E-state index in [1.807, 2.05) is 0 Å². The number of epoxide rings is 1. The Morgan fingerprint density at radius 2 is 2.60 bits per heavy atom. The Morgan fingerprint density at radius 3 is 2.60 bits per heavy atom. The minimum Gasteiger partial charge on any atom is -0.853 e. The van der Waals surface area contributed by atoms with Crippen molar-refractivity contribution in [2.75, 3.05) is 13.2 Å². The highest BCUT2D eigenvalue weighted by Crippen LogP contribution is 2.03. The van der Waals surface area contributed by atoms with Crippen LogP contribution in [0.25, 0.3) is 0 Å². The lowest BCUT2D eigenvalue weighted by Gasteiger charge is -1.89. The molecule has 1 aliphatic heterocycles. The molecule has 0 radical (unpaired) electrons. The summed E-state index contributed by atoms with van der Waals surface area (Å²) >= 11 is 0. The summed E-state index contributed by atoms with van der Waals surface area (Å²) in [6.45, 7) is 0.642. The first-order valence-electron chi connectivity index (χ1n) is 1.63. The first-order chi connectivity index (χ1) is 2.43. The molecule has 5 heavy (non-hydrogen) atoms. The zero-order valence-corrected chi connectivity index (χ0v) is 2.81. The Bertz CT molecular complexity index is 31.9. The van der Waals surface area contributed by atoms with Gasteiger partial charge < -0.3 is 9.84 Å². The van der Waals surface area contributed by atoms with Crippen LogP contribution in [0.5, 0.6) is 0 Å². The summed E-state index contributed by atoms with van der Waals surface area (Å²) in [5, 5.41) is 9.57. The van der Waals surface area contributed by atoms with Gasteiger partial charge in [0.1, 0.15) is 0 Å². The molecule has 1 rings (SSSR count). The number of hydrogen-bond donors (Lipinski definition) is 0. The van der Waals surface area contributed by atoms with Gasteiger partial charge in [-0.2, -0.15) is 0 Å². The van der Waals surface area contributed by atoms with E-state index in [1.165, 1.54) is 0 Å². The van der Waals surface area contributed by atoms with Gasteiger partial charge in [-0.3, -0.25) is 0 Å². The van der Waals surface area contributed by atoms with E-state index in [0.29, 0.717) is 6.61 Å². The molecule has 0 aromatic carbocycles. The van der Waals surface area contributed by atoms with Gasteiger partial charge in [0, 0.05) is 0 Å². The molecule has 30 valence electrons. The Kier molecular flexibility index (Phi) is 0.596. The Morgan fingerprint density at radius 1 is 2.00 bits per heavy atom. The topological polar surface area (TPSA) is 35.6 Å². The van der Waals surface area contributed by atoms with E-state index in [2.05, 4.69) is 4.74 Å². The fourth-order valence-corrected chi connectivity index (χ4v) is 0.164. The van der Waals surface area contributed by atoms with Crippen LogP contribution in [0.3, 0.4) is 0 Å². The van der Waals surface area contributed by atoms with E-state index in [4.69, 9.17) is 0 Å². The fourth-order valence-electron chi connectivity index (χ4n) is 0.164. The van der Waals surface area contributed by atoms with Gasteiger partial charge in [-0.25, -0.2) is 0 Å². The summed E-state index contributed by atoms with van der Waals surface area (Å²) in [5.74, 6) is 0. The van der Waals surface area contributed by atoms with E-state index in [9.17, 15) is 5.11 Å². The molecular formula is C3H5O2-. The average molecular weight is 73.1 g/mol. The van der Waals surface area contributed by atoms with E-state index in [-0.39, 0.29) is 12.7 Å². The number of hydrogen-bond acceptors (Lipinski definition) is 2. The molecule has 0 spiro atoms. The normalized spacial score (nSPS) is 34.2. The molecule has 1 unspecified atom stereocenters. The quantitative estimate of drug-likeness (QED) is 0.363. The first kappa shape index (κ1) is 3.12. The maximum Gasteiger partial charge on any atom is 0.0719 e. The van der Waals surface area contributed by atoms with Gasteiger partial charge in [-0.15, -0.1) is 6.61 Å². The van der Waals surface area contributed by atoms with Gasteiger partial charge in [0.25, 0.3) is 0 Å². The molecular weight excluding hydrogens is 68.0 g/mol. The molecule has 1 heterocycles. The van der Waals surface area contributed by atoms with Crippen molar-refractivity contribution in [3.63, 3.8) is 0 Å². The summed E-state index contributed by atoms with van der Waals surface area (Å²) in [4.78, 5) is 0. The van der Waals surface area contributed by atoms with Crippen molar-refractivity contribution in [1.82, 2.24) is 0 Å². The Labute approximate surface area is 30.4 Å². The molecule has 1 saturated heterocycles. The third kappa shape index (κ3) is 0.597. The zero-order chi connectivity index (χ0) is 3.70. The molecule has 1 fully saturated rings. The van der Waals surface area contributed by atoms with Crippen molar-refractivity contribution in [1.29, 1.82) is 0 Å². The third-order valence-corrected chi connectivity index (χ3v) is 0.588. The smallest absolute Gasteiger partial charge is 0.0719 e. The Hall–Kier alpha value is -0.0800. The molecule has 0 bridgehead atoms. The third-order valence-electron chi connectivity index (χ3n) is 0.588. The van der Waals surface area contributed by atoms with E-state index >= 15 is 0 Å². The minimum absolute atomic E-state index is 0.0556. The monoisotopic (exact) mass is 73.0 g/mol. The van der Waals surface area contributed by atoms with Crippen molar-refractivity contribution in [2.45, 2.75) is 6.10 Å². The van der Waals surface area contributed by atoms with E-state index in [0.717, 1.165) is 0 Å². The Balaban J connectivity index is 2.00. The predicted octanol–water partition coefficient (Wildman–Crippen LogP) is -1.25. The van der Waals surface area contributed by atoms with Crippen molar-refractivity contribution in [3.05, 3.63) is 0 Å². The second-order valence-corrected chi connectivity index (χ2v) is 1.12. The lowest BCUT2D eigenvalue weighted by atomic mass is 10.5. The summed E-state index contributed by atoms with van der Waals surface area (Å²) in [5.41, 5.74) is 0. The summed E-state index contributed by atoms with van der Waals surface area (Å²) in [7, 11) is 0. The molecule has 0 aromatic rings. The van der Waals surface area contributed by atoms with Crippen LogP contribution in [-0.4, -0.2) is 19.3 Å². The number of rotatable bonds is 1.